The van der Waals surface area contributed by atoms with Gasteiger partial charge in [-0.2, -0.15) is 5.26 Å². The first kappa shape index (κ1) is 25.5. The molecule has 4 rings (SSSR count). The Labute approximate surface area is 223 Å². The number of carbonyl (C=O) groups excluding carboxylic acids is 2. The fourth-order valence-electron chi connectivity index (χ4n) is 3.55. The number of nitriles is 1. The zero-order valence-corrected chi connectivity index (χ0v) is 21.7. The molecule has 0 fully saturated rings. The highest BCUT2D eigenvalue weighted by molar-refractivity contribution is 8.00. The number of nitrogens with one attached hydrogen (secondary N) is 2. The van der Waals surface area contributed by atoms with Crippen molar-refractivity contribution >= 4 is 57.2 Å². The molecule has 5 nitrogen and oxygen atoms in total. The number of hydrogen-bond donors (Lipinski definition) is 2. The van der Waals surface area contributed by atoms with Gasteiger partial charge in [0, 0.05) is 32.1 Å². The molecule has 2 amide bonds. The number of thioether (sulfide) groups is 1. The Morgan fingerprint density at radius 1 is 1.03 bits per heavy atom. The van der Waals surface area contributed by atoms with E-state index in [1.807, 2.05) is 60.8 Å². The molecule has 3 aromatic carbocycles. The lowest BCUT2D eigenvalue weighted by Crippen LogP contribution is -2.24. The van der Waals surface area contributed by atoms with Crippen molar-refractivity contribution < 1.29 is 9.59 Å². The minimum Gasteiger partial charge on any atom is -0.322 e. The van der Waals surface area contributed by atoms with Gasteiger partial charge in [0.25, 0.3) is 5.91 Å². The maximum atomic E-state index is 13.1. The predicted molar refractivity (Wildman–Crippen MR) is 149 cm³/mol. The second-order valence-corrected chi connectivity index (χ2v) is 10.4. The van der Waals surface area contributed by atoms with Crippen LogP contribution in [0.4, 0.5) is 10.7 Å². The Kier molecular flexibility index (Phi) is 8.44. The van der Waals surface area contributed by atoms with Gasteiger partial charge in [-0.1, -0.05) is 61.0 Å². The molecule has 8 heteroatoms. The van der Waals surface area contributed by atoms with Crippen LogP contribution in [-0.4, -0.2) is 17.1 Å². The first-order valence-electron chi connectivity index (χ1n) is 11.2. The molecule has 1 heterocycles. The van der Waals surface area contributed by atoms with Crippen LogP contribution in [0.2, 0.25) is 5.02 Å². The molecule has 0 bridgehead atoms. The monoisotopic (exact) mass is 531 g/mol. The van der Waals surface area contributed by atoms with E-state index >= 15 is 0 Å². The van der Waals surface area contributed by atoms with E-state index in [1.165, 1.54) is 23.1 Å². The summed E-state index contributed by atoms with van der Waals surface area (Å²) in [4.78, 5) is 26.5. The van der Waals surface area contributed by atoms with E-state index < -0.39 is 0 Å². The minimum atomic E-state index is -0.377. The Morgan fingerprint density at radius 3 is 2.53 bits per heavy atom. The van der Waals surface area contributed by atoms with Crippen molar-refractivity contribution in [1.29, 1.82) is 5.26 Å². The first-order chi connectivity index (χ1) is 17.5. The van der Waals surface area contributed by atoms with E-state index in [1.54, 1.807) is 30.3 Å². The van der Waals surface area contributed by atoms with Gasteiger partial charge in [-0.3, -0.25) is 9.59 Å². The van der Waals surface area contributed by atoms with Gasteiger partial charge in [0.15, 0.2) is 0 Å². The normalized spacial score (nSPS) is 11.4. The van der Waals surface area contributed by atoms with Crippen LogP contribution in [0.25, 0.3) is 11.1 Å². The van der Waals surface area contributed by atoms with Gasteiger partial charge < -0.3 is 10.6 Å². The highest BCUT2D eigenvalue weighted by Gasteiger charge is 2.22. The third kappa shape index (κ3) is 6.16. The lowest BCUT2D eigenvalue weighted by molar-refractivity contribution is -0.115. The third-order valence-electron chi connectivity index (χ3n) is 5.34. The van der Waals surface area contributed by atoms with E-state index in [2.05, 4.69) is 16.7 Å². The van der Waals surface area contributed by atoms with E-state index in [-0.39, 0.29) is 17.1 Å². The largest absolute Gasteiger partial charge is 0.322 e. The summed E-state index contributed by atoms with van der Waals surface area (Å²) in [7, 11) is 0. The summed E-state index contributed by atoms with van der Waals surface area (Å²) in [5, 5.41) is 18.1. The minimum absolute atomic E-state index is 0.172. The van der Waals surface area contributed by atoms with Crippen molar-refractivity contribution in [2.24, 2.45) is 0 Å². The van der Waals surface area contributed by atoms with Crippen LogP contribution in [0, 0.1) is 11.3 Å². The number of thiophene rings is 1. The van der Waals surface area contributed by atoms with Crippen molar-refractivity contribution in [2.45, 2.75) is 23.5 Å². The van der Waals surface area contributed by atoms with Gasteiger partial charge in [-0.15, -0.1) is 23.1 Å². The molecular weight excluding hydrogens is 510 g/mol. The summed E-state index contributed by atoms with van der Waals surface area (Å²) >= 11 is 8.75. The quantitative estimate of drug-likeness (QED) is 0.228. The van der Waals surface area contributed by atoms with Gasteiger partial charge in [0.05, 0.1) is 10.8 Å². The van der Waals surface area contributed by atoms with Gasteiger partial charge in [0.1, 0.15) is 11.1 Å². The van der Waals surface area contributed by atoms with Crippen molar-refractivity contribution in [1.82, 2.24) is 0 Å². The zero-order chi connectivity index (χ0) is 25.5. The molecule has 0 saturated carbocycles. The number of benzene rings is 3. The third-order valence-corrected chi connectivity index (χ3v) is 7.83. The Balaban J connectivity index is 1.45. The number of carbonyl (C=O) groups is 2. The highest BCUT2D eigenvalue weighted by Crippen LogP contribution is 2.36. The van der Waals surface area contributed by atoms with Crippen LogP contribution in [0.15, 0.2) is 89.1 Å². The molecule has 1 aromatic heterocycles. The zero-order valence-electron chi connectivity index (χ0n) is 19.3. The Hall–Kier alpha value is -3.57. The molecule has 180 valence electrons. The Bertz CT molecular complexity index is 1430. The number of amides is 2. The number of halogens is 1. The number of hydrogen-bond acceptors (Lipinski definition) is 5. The first-order valence-corrected chi connectivity index (χ1v) is 13.3. The summed E-state index contributed by atoms with van der Waals surface area (Å²) < 4.78 is 0. The fourth-order valence-corrected chi connectivity index (χ4v) is 5.68. The van der Waals surface area contributed by atoms with Crippen LogP contribution in [0.1, 0.15) is 29.3 Å². The van der Waals surface area contributed by atoms with E-state index in [4.69, 9.17) is 11.6 Å². The number of rotatable bonds is 8. The Morgan fingerprint density at radius 2 is 1.81 bits per heavy atom. The van der Waals surface area contributed by atoms with E-state index in [0.29, 0.717) is 33.3 Å². The SMILES string of the molecule is CCC(Sc1cccc(NC(=O)c2cccc(Cl)c2)c1)C(=O)Nc1scc(-c2ccccc2)c1C#N. The second kappa shape index (κ2) is 11.9. The predicted octanol–water partition coefficient (Wildman–Crippen LogP) is 7.70. The smallest absolute Gasteiger partial charge is 0.255 e. The van der Waals surface area contributed by atoms with Gasteiger partial charge in [-0.25, -0.2) is 0 Å². The van der Waals surface area contributed by atoms with Crippen LogP contribution in [0.3, 0.4) is 0 Å². The van der Waals surface area contributed by atoms with Crippen LogP contribution in [0.5, 0.6) is 0 Å². The van der Waals surface area contributed by atoms with Gasteiger partial charge in [0.2, 0.25) is 5.91 Å². The molecular formula is C28H22ClN3O2S2. The highest BCUT2D eigenvalue weighted by atomic mass is 35.5. The molecule has 1 atom stereocenters. The van der Waals surface area contributed by atoms with E-state index in [0.717, 1.165) is 16.0 Å². The van der Waals surface area contributed by atoms with Crippen molar-refractivity contribution in [3.05, 3.63) is 100 Å². The summed E-state index contributed by atoms with van der Waals surface area (Å²) in [6, 6.07) is 26.0. The summed E-state index contributed by atoms with van der Waals surface area (Å²) in [5.74, 6) is -0.436. The molecule has 0 aliphatic carbocycles. The maximum Gasteiger partial charge on any atom is 0.255 e. The molecule has 1 unspecified atom stereocenters. The van der Waals surface area contributed by atoms with E-state index in [9.17, 15) is 14.9 Å². The van der Waals surface area contributed by atoms with Crippen LogP contribution < -0.4 is 10.6 Å². The topological polar surface area (TPSA) is 82.0 Å². The molecule has 4 aromatic rings. The number of nitrogens with zero attached hydrogens (tertiary/aromatic N) is 1. The van der Waals surface area contributed by atoms with Gasteiger partial charge >= 0.3 is 0 Å². The summed E-state index contributed by atoms with van der Waals surface area (Å²) in [6.07, 6.45) is 0.592. The molecule has 0 saturated heterocycles. The lowest BCUT2D eigenvalue weighted by Gasteiger charge is -2.15. The maximum absolute atomic E-state index is 13.1. The summed E-state index contributed by atoms with van der Waals surface area (Å²) in [6.45, 7) is 1.94. The average Bonchev–Trinajstić information content (AvgIpc) is 3.30. The standard InChI is InChI=1S/C28H22ClN3O2S2/c1-2-25(27(34)32-28-23(16-30)24(17-35-28)18-8-4-3-5-9-18)36-22-13-7-12-21(15-22)31-26(33)19-10-6-11-20(29)14-19/h3-15,17,25H,2H2,1H3,(H,31,33)(H,32,34). The molecule has 0 radical (unpaired) electrons. The van der Waals surface area contributed by atoms with Crippen molar-refractivity contribution in [3.8, 4) is 17.2 Å². The molecule has 36 heavy (non-hydrogen) atoms. The lowest BCUT2D eigenvalue weighted by atomic mass is 10.1. The molecule has 0 aliphatic rings. The molecule has 0 spiro atoms. The fraction of sp³-hybridized carbons (Fsp3) is 0.107. The van der Waals surface area contributed by atoms with Crippen molar-refractivity contribution in [3.63, 3.8) is 0 Å². The second-order valence-electron chi connectivity index (χ2n) is 7.83. The summed E-state index contributed by atoms with van der Waals surface area (Å²) in [5.41, 5.74) is 3.29. The molecule has 2 N–H and O–H groups in total. The average molecular weight is 532 g/mol. The van der Waals surface area contributed by atoms with Crippen LogP contribution >= 0.6 is 34.7 Å². The van der Waals surface area contributed by atoms with Crippen LogP contribution in [-0.2, 0) is 4.79 Å². The van der Waals surface area contributed by atoms with Crippen molar-refractivity contribution in [2.75, 3.05) is 10.6 Å². The molecule has 0 aliphatic heterocycles. The number of anilines is 2. The van der Waals surface area contributed by atoms with Gasteiger partial charge in [-0.05, 0) is 48.4 Å².